The maximum atomic E-state index is 15.4. The molecule has 0 bridgehead atoms. The van der Waals surface area contributed by atoms with Gasteiger partial charge in [-0.3, -0.25) is 18.4 Å². The lowest BCUT2D eigenvalue weighted by molar-refractivity contribution is 0.0990. The molecule has 7 rings (SSSR count). The molecule has 0 atom stereocenters. The Hall–Kier alpha value is -6.29. The van der Waals surface area contributed by atoms with Gasteiger partial charge in [-0.1, -0.05) is 162 Å². The van der Waals surface area contributed by atoms with Crippen LogP contribution in [0.15, 0.2) is 187 Å². The third kappa shape index (κ3) is 15.1. The molecule has 0 fully saturated rings. The van der Waals surface area contributed by atoms with Crippen LogP contribution in [0.1, 0.15) is 91.6 Å². The number of hydrogen-bond donors (Lipinski definition) is 2. The topological polar surface area (TPSA) is 133 Å². The van der Waals surface area contributed by atoms with Crippen molar-refractivity contribution >= 4 is 38.4 Å². The van der Waals surface area contributed by atoms with Gasteiger partial charge in [-0.25, -0.2) is 4.57 Å². The highest BCUT2D eigenvalue weighted by atomic mass is 31.2. The SMILES string of the molecule is CC(C)=CCC/C(C)=C/CC/C(C)=C/CN1C(=O)c2cccc(O)c2Nc2c(CP(=O)(OCc3ccccc3)OCc3ccccc3)cc(OP(=O)(OCc3ccccc3)OCc3ccccc3)cc21. The van der Waals surface area contributed by atoms with Crippen LogP contribution in [-0.2, 0) is 59.8 Å². The number of nitrogens with zero attached hydrogens (tertiary/aromatic N) is 1. The second kappa shape index (κ2) is 25.0. The van der Waals surface area contributed by atoms with Crippen LogP contribution in [0.5, 0.6) is 11.5 Å². The zero-order valence-corrected chi connectivity index (χ0v) is 42.1. The lowest BCUT2D eigenvalue weighted by Crippen LogP contribution is -2.30. The summed E-state index contributed by atoms with van der Waals surface area (Å²) in [6.45, 7) is 8.25. The molecule has 1 heterocycles. The van der Waals surface area contributed by atoms with E-state index in [9.17, 15) is 14.5 Å². The smallest absolute Gasteiger partial charge is 0.506 e. The van der Waals surface area contributed by atoms with Crippen LogP contribution in [0.4, 0.5) is 17.1 Å². The van der Waals surface area contributed by atoms with E-state index in [1.165, 1.54) is 17.2 Å². The highest BCUT2D eigenvalue weighted by Gasteiger charge is 2.36. The van der Waals surface area contributed by atoms with E-state index in [4.69, 9.17) is 22.6 Å². The van der Waals surface area contributed by atoms with E-state index in [0.29, 0.717) is 16.9 Å². The molecule has 0 radical (unpaired) electrons. The predicted octanol–water partition coefficient (Wildman–Crippen LogP) is 15.6. The fourth-order valence-electron chi connectivity index (χ4n) is 7.69. The average Bonchev–Trinajstić information content (AvgIpc) is 3.48. The summed E-state index contributed by atoms with van der Waals surface area (Å²) in [5.74, 6) is -0.590. The minimum Gasteiger partial charge on any atom is -0.506 e. The molecule has 6 aromatic carbocycles. The van der Waals surface area contributed by atoms with Crippen molar-refractivity contribution in [1.29, 1.82) is 0 Å². The Kier molecular flexibility index (Phi) is 18.4. The van der Waals surface area contributed by atoms with Gasteiger partial charge in [0, 0.05) is 12.6 Å². The summed E-state index contributed by atoms with van der Waals surface area (Å²) < 4.78 is 61.5. The highest BCUT2D eigenvalue weighted by Crippen LogP contribution is 2.58. The third-order valence-corrected chi connectivity index (χ3v) is 14.7. The minimum absolute atomic E-state index is 0.0000732. The maximum Gasteiger partial charge on any atom is 0.530 e. The van der Waals surface area contributed by atoms with E-state index < -0.39 is 21.3 Å². The first-order valence-corrected chi connectivity index (χ1v) is 26.7. The van der Waals surface area contributed by atoms with Crippen LogP contribution in [0.3, 0.4) is 0 Å². The van der Waals surface area contributed by atoms with Crippen LogP contribution >= 0.6 is 15.4 Å². The number of fused-ring (bicyclic) bond motifs is 2. The lowest BCUT2D eigenvalue weighted by Gasteiger charge is -2.27. The second-order valence-corrected chi connectivity index (χ2v) is 21.2. The fraction of sp³-hybridized carbons (Fsp3) is 0.246. The van der Waals surface area contributed by atoms with E-state index in [1.807, 2.05) is 134 Å². The molecule has 0 aliphatic carbocycles. The Morgan fingerprint density at radius 1 is 0.586 bits per heavy atom. The van der Waals surface area contributed by atoms with E-state index in [1.54, 1.807) is 29.2 Å². The summed E-state index contributed by atoms with van der Waals surface area (Å²) in [7, 11) is -8.60. The van der Waals surface area contributed by atoms with Crippen molar-refractivity contribution in [2.45, 2.75) is 86.0 Å². The maximum absolute atomic E-state index is 15.4. The van der Waals surface area contributed by atoms with Crippen LogP contribution < -0.4 is 14.7 Å². The Morgan fingerprint density at radius 3 is 1.59 bits per heavy atom. The molecule has 0 spiro atoms. The summed E-state index contributed by atoms with van der Waals surface area (Å²) in [6.07, 6.45) is 9.75. The lowest BCUT2D eigenvalue weighted by atomic mass is 10.1. The molecule has 1 aliphatic heterocycles. The standard InChI is InChI=1S/C57H62N2O9P2/c1-43(2)20-17-21-44(3)22-18-23-45(4)34-35-59-53-37-51(68-70(63,66-40-48-28-13-7-14-29-48)67-41-49-30-15-8-16-31-49)36-50(55(53)58-56-52(57(59)61)32-19-33-54(56)60)42-69(62,64-38-46-24-9-5-10-25-46)65-39-47-26-11-6-12-27-47/h5-16,19-20,22,24-34,36-37,58,60H,17-18,21,23,35,38-42H2,1-4H3/b44-22+,45-34+. The summed E-state index contributed by atoms with van der Waals surface area (Å²) in [4.78, 5) is 16.5. The fourth-order valence-corrected chi connectivity index (χ4v) is 10.5. The number of carbonyl (C=O) groups is 1. The number of rotatable bonds is 24. The first-order chi connectivity index (χ1) is 33.8. The molecule has 13 heteroatoms. The molecular formula is C57H62N2O9P2. The van der Waals surface area contributed by atoms with Gasteiger partial charge in [0.1, 0.15) is 11.5 Å². The first-order valence-electron chi connectivity index (χ1n) is 23.5. The monoisotopic (exact) mass is 980 g/mol. The minimum atomic E-state index is -4.48. The van der Waals surface area contributed by atoms with Crippen LogP contribution in [0.2, 0.25) is 0 Å². The van der Waals surface area contributed by atoms with E-state index in [2.05, 4.69) is 38.2 Å². The molecule has 11 nitrogen and oxygen atoms in total. The quantitative estimate of drug-likeness (QED) is 0.0343. The van der Waals surface area contributed by atoms with Crippen LogP contribution in [0.25, 0.3) is 0 Å². The van der Waals surface area contributed by atoms with E-state index in [0.717, 1.165) is 53.5 Å². The molecule has 364 valence electrons. The molecule has 6 aromatic rings. The summed E-state index contributed by atoms with van der Waals surface area (Å²) in [6, 6.07) is 45.1. The van der Waals surface area contributed by atoms with Crippen molar-refractivity contribution in [2.75, 3.05) is 16.8 Å². The van der Waals surface area contributed by atoms with Gasteiger partial charge in [-0.2, -0.15) is 0 Å². The average molecular weight is 981 g/mol. The Balaban J connectivity index is 1.32. The Bertz CT molecular complexity index is 2770. The number of phenolic OH excluding ortho intramolecular Hbond substituents is 1. The van der Waals surface area contributed by atoms with Gasteiger partial charge in [-0.15, -0.1) is 0 Å². The molecule has 0 aromatic heterocycles. The summed E-state index contributed by atoms with van der Waals surface area (Å²) in [5, 5.41) is 14.7. The number of para-hydroxylation sites is 1. The molecule has 2 N–H and O–H groups in total. The Morgan fingerprint density at radius 2 is 1.07 bits per heavy atom. The summed E-state index contributed by atoms with van der Waals surface area (Å²) in [5.41, 5.74) is 8.02. The van der Waals surface area contributed by atoms with Crippen molar-refractivity contribution < 1.29 is 41.6 Å². The zero-order chi connectivity index (χ0) is 49.4. The number of carbonyl (C=O) groups excluding carboxylic acids is 1. The number of phosphoric ester groups is 1. The number of anilines is 3. The van der Waals surface area contributed by atoms with Gasteiger partial charge >= 0.3 is 15.4 Å². The number of hydrogen-bond acceptors (Lipinski definition) is 10. The molecule has 0 unspecified atom stereocenters. The van der Waals surface area contributed by atoms with Gasteiger partial charge in [0.25, 0.3) is 5.91 Å². The summed E-state index contributed by atoms with van der Waals surface area (Å²) >= 11 is 0. The van der Waals surface area contributed by atoms with Crippen molar-refractivity contribution in [1.82, 2.24) is 0 Å². The molecule has 70 heavy (non-hydrogen) atoms. The van der Waals surface area contributed by atoms with Crippen LogP contribution in [0, 0.1) is 0 Å². The van der Waals surface area contributed by atoms with Gasteiger partial charge in [0.2, 0.25) is 0 Å². The number of allylic oxidation sites excluding steroid dienone is 5. The van der Waals surface area contributed by atoms with Crippen molar-refractivity contribution in [3.63, 3.8) is 0 Å². The van der Waals surface area contributed by atoms with Crippen molar-refractivity contribution in [2.24, 2.45) is 0 Å². The van der Waals surface area contributed by atoms with Gasteiger partial charge < -0.3 is 28.9 Å². The third-order valence-electron chi connectivity index (χ3n) is 11.6. The molecule has 1 aliphatic rings. The molecule has 1 amide bonds. The molecule has 0 saturated heterocycles. The van der Waals surface area contributed by atoms with E-state index >= 15 is 4.57 Å². The first kappa shape index (κ1) is 51.6. The number of nitrogens with one attached hydrogen (secondary N) is 1. The largest absolute Gasteiger partial charge is 0.530 e. The van der Waals surface area contributed by atoms with Crippen molar-refractivity contribution in [3.05, 3.63) is 220 Å². The molecule has 0 saturated carbocycles. The number of aromatic hydroxyl groups is 1. The van der Waals surface area contributed by atoms with Crippen LogP contribution in [-0.4, -0.2) is 17.6 Å². The van der Waals surface area contributed by atoms with Gasteiger partial charge in [0.15, 0.2) is 0 Å². The number of phenols is 1. The zero-order valence-electron chi connectivity index (χ0n) is 40.3. The molecular weight excluding hydrogens is 919 g/mol. The number of phosphoric acid groups is 1. The van der Waals surface area contributed by atoms with Crippen molar-refractivity contribution in [3.8, 4) is 11.5 Å². The Labute approximate surface area is 412 Å². The number of benzene rings is 6. The predicted molar refractivity (Wildman–Crippen MR) is 279 cm³/mol. The van der Waals surface area contributed by atoms with Gasteiger partial charge in [0.05, 0.1) is 55.2 Å². The number of amides is 1. The highest BCUT2D eigenvalue weighted by molar-refractivity contribution is 7.53. The van der Waals surface area contributed by atoms with E-state index in [-0.39, 0.29) is 61.9 Å². The second-order valence-electron chi connectivity index (χ2n) is 17.5. The van der Waals surface area contributed by atoms with Gasteiger partial charge in [-0.05, 0) is 99.4 Å². The normalized spacial score (nSPS) is 13.0.